The molecule has 8 heteroatoms. The summed E-state index contributed by atoms with van der Waals surface area (Å²) in [7, 11) is 0. The lowest BCUT2D eigenvalue weighted by atomic mass is 10.0. The zero-order valence-corrected chi connectivity index (χ0v) is 38.5. The van der Waals surface area contributed by atoms with Crippen molar-refractivity contribution in [2.75, 3.05) is 0 Å². The van der Waals surface area contributed by atoms with Gasteiger partial charge in [0.1, 0.15) is 6.07 Å². The molecule has 10 aromatic carbocycles. The summed E-state index contributed by atoms with van der Waals surface area (Å²) in [6.07, 6.45) is 0. The lowest BCUT2D eigenvalue weighted by Crippen LogP contribution is -2.07. The minimum Gasteiger partial charge on any atom is -0.308 e. The Labute approximate surface area is 411 Å². The molecule has 0 aliphatic rings. The zero-order chi connectivity index (χ0) is 47.4. The SMILES string of the molecule is N#Cc1cc(-c2nc(-c3ccccc3)nc(-n3c4ccccc4c4ccccc43)n2)ccc1-n1c2ccccc2c2c3c(c4ccccc4n3-c3ccccc3)c3c(c4ccccc4n3-c3ccccc3)c21. The first kappa shape index (κ1) is 39.9. The van der Waals surface area contributed by atoms with Gasteiger partial charge < -0.3 is 13.7 Å². The van der Waals surface area contributed by atoms with E-state index < -0.39 is 0 Å². The number of fused-ring (bicyclic) bond motifs is 15. The highest BCUT2D eigenvalue weighted by Gasteiger charge is 2.29. The molecule has 0 fully saturated rings. The lowest BCUT2D eigenvalue weighted by molar-refractivity contribution is 0.953. The lowest BCUT2D eigenvalue weighted by Gasteiger charge is -2.15. The topological polar surface area (TPSA) is 82.2 Å². The number of nitrogens with zero attached hydrogens (tertiary/aromatic N) is 8. The summed E-state index contributed by atoms with van der Waals surface area (Å²) in [5.41, 5.74) is 13.4. The molecule has 0 bridgehead atoms. The predicted octanol–water partition coefficient (Wildman–Crippen LogP) is 15.5. The average molecular weight is 919 g/mol. The van der Waals surface area contributed by atoms with Crippen LogP contribution in [0.5, 0.6) is 0 Å². The van der Waals surface area contributed by atoms with E-state index in [9.17, 15) is 5.26 Å². The molecule has 0 N–H and O–H groups in total. The molecule has 0 aliphatic heterocycles. The second-order valence-electron chi connectivity index (χ2n) is 18.3. The van der Waals surface area contributed by atoms with Crippen molar-refractivity contribution in [1.29, 1.82) is 5.26 Å². The van der Waals surface area contributed by atoms with Gasteiger partial charge in [0.05, 0.1) is 55.4 Å². The molecule has 0 radical (unpaired) electrons. The van der Waals surface area contributed by atoms with Crippen molar-refractivity contribution < 1.29 is 0 Å². The van der Waals surface area contributed by atoms with E-state index in [4.69, 9.17) is 15.0 Å². The standard InChI is InChI=1S/C64H38N8/c65-39-42-38-41(63-66-62(40-20-4-1-5-21-40)67-64(68-63)72-51-31-15-10-26-45(51)46-27-11-16-32-52(46)72)36-37-50(42)71-55-35-19-14-30-49(55)58-60-56(47-28-12-17-33-53(47)69(60)43-22-6-2-7-23-43)59-57(61(58)71)48-29-13-18-34-54(48)70(59)44-24-8-3-9-25-44/h1-38H. The Morgan fingerprint density at radius 2 is 0.694 bits per heavy atom. The first-order chi connectivity index (χ1) is 35.7. The Morgan fingerprint density at radius 3 is 1.17 bits per heavy atom. The quantitative estimate of drug-likeness (QED) is 0.166. The van der Waals surface area contributed by atoms with E-state index in [-0.39, 0.29) is 0 Å². The van der Waals surface area contributed by atoms with Crippen molar-refractivity contribution in [3.8, 4) is 51.9 Å². The van der Waals surface area contributed by atoms with Gasteiger partial charge >= 0.3 is 0 Å². The molecule has 5 heterocycles. The van der Waals surface area contributed by atoms with Crippen molar-refractivity contribution >= 4 is 87.2 Å². The summed E-state index contributed by atoms with van der Waals surface area (Å²) in [5, 5.41) is 20.5. The van der Waals surface area contributed by atoms with E-state index in [2.05, 4.69) is 206 Å². The van der Waals surface area contributed by atoms with Crippen LogP contribution in [0, 0.1) is 11.3 Å². The first-order valence-corrected chi connectivity index (χ1v) is 24.1. The van der Waals surface area contributed by atoms with E-state index in [1.54, 1.807) is 0 Å². The molecular formula is C64H38N8. The van der Waals surface area contributed by atoms with Crippen molar-refractivity contribution in [3.63, 3.8) is 0 Å². The van der Waals surface area contributed by atoms with Gasteiger partial charge in [0, 0.05) is 65.6 Å². The largest absolute Gasteiger partial charge is 0.308 e. The smallest absolute Gasteiger partial charge is 0.238 e. The van der Waals surface area contributed by atoms with Gasteiger partial charge in [-0.15, -0.1) is 0 Å². The molecule has 0 aliphatic carbocycles. The van der Waals surface area contributed by atoms with Crippen LogP contribution in [0.25, 0.3) is 133 Å². The van der Waals surface area contributed by atoms with Gasteiger partial charge in [-0.05, 0) is 72.8 Å². The molecule has 72 heavy (non-hydrogen) atoms. The molecule has 0 saturated carbocycles. The van der Waals surface area contributed by atoms with Gasteiger partial charge in [-0.2, -0.15) is 15.2 Å². The minimum absolute atomic E-state index is 0.466. The Balaban J connectivity index is 1.07. The zero-order valence-electron chi connectivity index (χ0n) is 38.5. The van der Waals surface area contributed by atoms with Crippen LogP contribution < -0.4 is 0 Å². The third-order valence-corrected chi connectivity index (χ3v) is 14.4. The normalized spacial score (nSPS) is 11.9. The third-order valence-electron chi connectivity index (χ3n) is 14.4. The minimum atomic E-state index is 0.466. The van der Waals surface area contributed by atoms with Gasteiger partial charge in [0.15, 0.2) is 11.6 Å². The number of rotatable bonds is 6. The highest BCUT2D eigenvalue weighted by molar-refractivity contribution is 6.40. The van der Waals surface area contributed by atoms with Gasteiger partial charge in [-0.25, -0.2) is 4.98 Å². The van der Waals surface area contributed by atoms with E-state index in [1.165, 1.54) is 5.39 Å². The van der Waals surface area contributed by atoms with Gasteiger partial charge in [0.2, 0.25) is 5.95 Å². The van der Waals surface area contributed by atoms with Crippen molar-refractivity contribution in [3.05, 3.63) is 236 Å². The van der Waals surface area contributed by atoms with Gasteiger partial charge in [-0.1, -0.05) is 158 Å². The molecule has 0 atom stereocenters. The molecule has 8 nitrogen and oxygen atoms in total. The van der Waals surface area contributed by atoms with Crippen LogP contribution in [0.2, 0.25) is 0 Å². The predicted molar refractivity (Wildman–Crippen MR) is 293 cm³/mol. The molecule has 0 amide bonds. The Hall–Kier alpha value is -10.1. The third kappa shape index (κ3) is 5.64. The van der Waals surface area contributed by atoms with Crippen LogP contribution >= 0.6 is 0 Å². The highest BCUT2D eigenvalue weighted by Crippen LogP contribution is 2.50. The maximum atomic E-state index is 11.5. The van der Waals surface area contributed by atoms with Crippen molar-refractivity contribution in [2.45, 2.75) is 0 Å². The second kappa shape index (κ2) is 15.5. The Bertz CT molecular complexity index is 4620. The van der Waals surface area contributed by atoms with Crippen LogP contribution in [0.1, 0.15) is 5.56 Å². The fourth-order valence-electron chi connectivity index (χ4n) is 11.5. The summed E-state index contributed by atoms with van der Waals surface area (Å²) in [5.74, 6) is 1.50. The number of nitriles is 1. The highest BCUT2D eigenvalue weighted by atomic mass is 15.2. The number of para-hydroxylation sites is 7. The molecule has 15 aromatic rings. The van der Waals surface area contributed by atoms with Crippen LogP contribution in [0.15, 0.2) is 231 Å². The second-order valence-corrected chi connectivity index (χ2v) is 18.3. The molecule has 0 spiro atoms. The van der Waals surface area contributed by atoms with Crippen LogP contribution in [-0.2, 0) is 0 Å². The van der Waals surface area contributed by atoms with Crippen LogP contribution in [0.4, 0.5) is 0 Å². The number of aromatic nitrogens is 7. The van der Waals surface area contributed by atoms with E-state index >= 15 is 0 Å². The summed E-state index contributed by atoms with van der Waals surface area (Å²) >= 11 is 0. The summed E-state index contributed by atoms with van der Waals surface area (Å²) in [4.78, 5) is 15.6. The van der Waals surface area contributed by atoms with Gasteiger partial charge in [0.25, 0.3) is 0 Å². The van der Waals surface area contributed by atoms with Crippen molar-refractivity contribution in [1.82, 2.24) is 33.2 Å². The monoisotopic (exact) mass is 918 g/mol. The summed E-state index contributed by atoms with van der Waals surface area (Å²) < 4.78 is 9.32. The molecule has 334 valence electrons. The van der Waals surface area contributed by atoms with Crippen LogP contribution in [0.3, 0.4) is 0 Å². The van der Waals surface area contributed by atoms with E-state index in [0.29, 0.717) is 28.7 Å². The Kier molecular flexibility index (Phi) is 8.55. The maximum absolute atomic E-state index is 11.5. The average Bonchev–Trinajstić information content (AvgIpc) is 4.19. The molecule has 0 saturated heterocycles. The number of hydrogen-bond acceptors (Lipinski definition) is 4. The number of hydrogen-bond donors (Lipinski definition) is 0. The molecular weight excluding hydrogens is 881 g/mol. The van der Waals surface area contributed by atoms with Crippen molar-refractivity contribution in [2.24, 2.45) is 0 Å². The van der Waals surface area contributed by atoms with E-state index in [0.717, 1.165) is 104 Å². The number of benzene rings is 10. The summed E-state index contributed by atoms with van der Waals surface area (Å²) in [6.45, 7) is 0. The first-order valence-electron chi connectivity index (χ1n) is 24.1. The van der Waals surface area contributed by atoms with E-state index in [1.807, 2.05) is 48.5 Å². The van der Waals surface area contributed by atoms with Crippen LogP contribution in [-0.4, -0.2) is 33.2 Å². The molecule has 5 aromatic heterocycles. The molecule has 0 unspecified atom stereocenters. The van der Waals surface area contributed by atoms with Gasteiger partial charge in [-0.3, -0.25) is 4.57 Å². The summed E-state index contributed by atoms with van der Waals surface area (Å²) in [6, 6.07) is 83.0. The maximum Gasteiger partial charge on any atom is 0.238 e. The fraction of sp³-hybridized carbons (Fsp3) is 0. The molecule has 15 rings (SSSR count). The Morgan fingerprint density at radius 1 is 0.319 bits per heavy atom. The fourth-order valence-corrected chi connectivity index (χ4v) is 11.5.